The Labute approximate surface area is 313 Å². The lowest BCUT2D eigenvalue weighted by atomic mass is 9.99. The van der Waals surface area contributed by atoms with Gasteiger partial charge in [0.1, 0.15) is 38.6 Å². The summed E-state index contributed by atoms with van der Waals surface area (Å²) in [6.07, 6.45) is 5.63. The normalized spacial score (nSPS) is 10.8. The van der Waals surface area contributed by atoms with E-state index in [-0.39, 0.29) is 25.4 Å². The molecule has 0 heterocycles. The van der Waals surface area contributed by atoms with E-state index in [4.69, 9.17) is 18.9 Å². The van der Waals surface area contributed by atoms with Crippen molar-refractivity contribution in [3.63, 3.8) is 0 Å². The highest BCUT2D eigenvalue weighted by molar-refractivity contribution is 5.52. The molecule has 0 aromatic heterocycles. The number of hydrogen-bond acceptors (Lipinski definition) is 4. The maximum atomic E-state index is 6.22. The molecule has 52 heavy (non-hydrogen) atoms. The van der Waals surface area contributed by atoms with E-state index in [1.807, 2.05) is 86.6 Å². The van der Waals surface area contributed by atoms with Crippen LogP contribution in [0.5, 0.6) is 0 Å². The lowest BCUT2D eigenvalue weighted by Crippen LogP contribution is -2.09. The van der Waals surface area contributed by atoms with E-state index in [1.165, 1.54) is 0 Å². The summed E-state index contributed by atoms with van der Waals surface area (Å²) < 4.78 is 23.8. The highest BCUT2D eigenvalue weighted by atomic mass is 16.5. The van der Waals surface area contributed by atoms with Crippen LogP contribution in [0.15, 0.2) is 72.8 Å². The SMILES string of the molecule is CCCCC#CCOCC#Cc1cc(CO[C@@H](C)C#Cc2ccccc2)c(C#CCOCC#CCCCC)cc1CO[C@@H](C)C#Cc1ccccc1. The molecule has 4 nitrogen and oxygen atoms in total. The van der Waals surface area contributed by atoms with Gasteiger partial charge in [0.2, 0.25) is 0 Å². The topological polar surface area (TPSA) is 36.9 Å². The van der Waals surface area contributed by atoms with E-state index in [2.05, 4.69) is 84.9 Å². The van der Waals surface area contributed by atoms with Gasteiger partial charge in [0.25, 0.3) is 0 Å². The van der Waals surface area contributed by atoms with Crippen LogP contribution < -0.4 is 0 Å². The van der Waals surface area contributed by atoms with Crippen molar-refractivity contribution < 1.29 is 18.9 Å². The minimum Gasteiger partial charge on any atom is -0.361 e. The fraction of sp³-hybridized carbons (Fsp3) is 0.375. The van der Waals surface area contributed by atoms with Crippen molar-refractivity contribution in [2.24, 2.45) is 0 Å². The first kappa shape index (κ1) is 41.3. The number of benzene rings is 3. The average Bonchev–Trinajstić information content (AvgIpc) is 3.17. The van der Waals surface area contributed by atoms with Crippen molar-refractivity contribution in [1.82, 2.24) is 0 Å². The van der Waals surface area contributed by atoms with Crippen molar-refractivity contribution in [3.05, 3.63) is 106 Å². The van der Waals surface area contributed by atoms with Crippen LogP contribution in [0.25, 0.3) is 0 Å². The third kappa shape index (κ3) is 18.2. The predicted octanol–water partition coefficient (Wildman–Crippen LogP) is 8.72. The molecule has 3 aromatic carbocycles. The molecule has 0 saturated carbocycles. The van der Waals surface area contributed by atoms with Gasteiger partial charge in [0, 0.05) is 35.1 Å². The van der Waals surface area contributed by atoms with Crippen LogP contribution in [0.1, 0.15) is 99.6 Å². The molecule has 0 amide bonds. The van der Waals surface area contributed by atoms with Gasteiger partial charge in [-0.2, -0.15) is 0 Å². The van der Waals surface area contributed by atoms with Crippen LogP contribution in [-0.2, 0) is 32.2 Å². The molecule has 0 aliphatic heterocycles. The van der Waals surface area contributed by atoms with E-state index in [1.54, 1.807) is 0 Å². The Kier molecular flexibility index (Phi) is 21.1. The van der Waals surface area contributed by atoms with Crippen LogP contribution in [0.4, 0.5) is 0 Å². The van der Waals surface area contributed by atoms with Gasteiger partial charge >= 0.3 is 0 Å². The second kappa shape index (κ2) is 26.6. The summed E-state index contributed by atoms with van der Waals surface area (Å²) in [5.74, 6) is 38.1. The fourth-order valence-electron chi connectivity index (χ4n) is 4.46. The van der Waals surface area contributed by atoms with Crippen LogP contribution in [0.2, 0.25) is 0 Å². The largest absolute Gasteiger partial charge is 0.361 e. The van der Waals surface area contributed by atoms with Crippen molar-refractivity contribution in [1.29, 1.82) is 0 Å². The lowest BCUT2D eigenvalue weighted by Gasteiger charge is -2.14. The maximum Gasteiger partial charge on any atom is 0.116 e. The lowest BCUT2D eigenvalue weighted by molar-refractivity contribution is 0.0879. The molecule has 4 heteroatoms. The van der Waals surface area contributed by atoms with Gasteiger partial charge in [0.15, 0.2) is 0 Å². The monoisotopic (exact) mass is 690 g/mol. The molecule has 0 saturated heterocycles. The number of hydrogen-bond donors (Lipinski definition) is 0. The summed E-state index contributed by atoms with van der Waals surface area (Å²) in [4.78, 5) is 0. The van der Waals surface area contributed by atoms with Crippen molar-refractivity contribution in [3.8, 4) is 71.0 Å². The van der Waals surface area contributed by atoms with Crippen LogP contribution in [-0.4, -0.2) is 38.6 Å². The zero-order chi connectivity index (χ0) is 36.9. The third-order valence-electron chi connectivity index (χ3n) is 7.40. The predicted molar refractivity (Wildman–Crippen MR) is 212 cm³/mol. The first-order chi connectivity index (χ1) is 25.6. The van der Waals surface area contributed by atoms with Crippen LogP contribution in [0.3, 0.4) is 0 Å². The minimum atomic E-state index is -0.302. The highest BCUT2D eigenvalue weighted by Gasteiger charge is 2.11. The summed E-state index contributed by atoms with van der Waals surface area (Å²) in [6.45, 7) is 10.0. The molecule has 3 rings (SSSR count). The quantitative estimate of drug-likeness (QED) is 0.125. The second-order valence-electron chi connectivity index (χ2n) is 11.8. The van der Waals surface area contributed by atoms with Crippen LogP contribution in [0, 0.1) is 71.0 Å². The number of unbranched alkanes of at least 4 members (excludes halogenated alkanes) is 4. The summed E-state index contributed by atoms with van der Waals surface area (Å²) in [5.41, 5.74) is 5.30. The molecule has 0 aliphatic rings. The van der Waals surface area contributed by atoms with E-state index < -0.39 is 0 Å². The second-order valence-corrected chi connectivity index (χ2v) is 11.8. The summed E-state index contributed by atoms with van der Waals surface area (Å²) in [6, 6.07) is 23.8. The average molecular weight is 691 g/mol. The third-order valence-corrected chi connectivity index (χ3v) is 7.40. The van der Waals surface area contributed by atoms with E-state index in [9.17, 15) is 0 Å². The highest BCUT2D eigenvalue weighted by Crippen LogP contribution is 2.20. The molecule has 0 fully saturated rings. The Balaban J connectivity index is 1.85. The van der Waals surface area contributed by atoms with Gasteiger partial charge in [0.05, 0.1) is 13.2 Å². The van der Waals surface area contributed by atoms with Gasteiger partial charge in [-0.3, -0.25) is 0 Å². The zero-order valence-corrected chi connectivity index (χ0v) is 31.2. The van der Waals surface area contributed by atoms with Gasteiger partial charge in [-0.1, -0.05) is 122 Å². The van der Waals surface area contributed by atoms with Gasteiger partial charge < -0.3 is 18.9 Å². The summed E-state index contributed by atoms with van der Waals surface area (Å²) in [5, 5.41) is 0. The number of ether oxygens (including phenoxy) is 4. The Morgan fingerprint density at radius 2 is 0.904 bits per heavy atom. The first-order valence-electron chi connectivity index (χ1n) is 18.2. The van der Waals surface area contributed by atoms with Crippen molar-refractivity contribution in [2.45, 2.75) is 91.6 Å². The first-order valence-corrected chi connectivity index (χ1v) is 18.2. The molecular formula is C48H50O4. The molecule has 266 valence electrons. The molecule has 2 atom stereocenters. The molecule has 3 aromatic rings. The summed E-state index contributed by atoms with van der Waals surface area (Å²) in [7, 11) is 0. The van der Waals surface area contributed by atoms with E-state index in [0.717, 1.165) is 71.9 Å². The van der Waals surface area contributed by atoms with Crippen LogP contribution >= 0.6 is 0 Å². The molecule has 0 unspecified atom stereocenters. The van der Waals surface area contributed by atoms with E-state index >= 15 is 0 Å². The summed E-state index contributed by atoms with van der Waals surface area (Å²) >= 11 is 0. The Morgan fingerprint density at radius 3 is 1.31 bits per heavy atom. The zero-order valence-electron chi connectivity index (χ0n) is 31.2. The molecule has 0 aliphatic carbocycles. The maximum absolute atomic E-state index is 6.22. The van der Waals surface area contributed by atoms with Crippen molar-refractivity contribution >= 4 is 0 Å². The number of rotatable bonds is 14. The fourth-order valence-corrected chi connectivity index (χ4v) is 4.46. The Hall–Kier alpha value is -5.14. The standard InChI is InChI=1S/C48H50O4/c1-5-7-9-11-19-33-49-35-21-27-45-37-48(40-52-42(4)30-32-44-25-17-14-18-26-44)46(28-22-36-50-34-20-12-10-8-6-2)38-47(45)39-51-41(3)29-31-43-23-15-13-16-24-43/h13-18,23-26,37-38,41-42H,5-10,33-36,39-40H2,1-4H3/t41-,42-/m0/s1. The molecule has 0 bridgehead atoms. The Morgan fingerprint density at radius 1 is 0.500 bits per heavy atom. The molecule has 0 spiro atoms. The molecular weight excluding hydrogens is 641 g/mol. The molecule has 0 N–H and O–H groups in total. The van der Waals surface area contributed by atoms with Crippen molar-refractivity contribution in [2.75, 3.05) is 26.4 Å². The van der Waals surface area contributed by atoms with Gasteiger partial charge in [-0.25, -0.2) is 0 Å². The van der Waals surface area contributed by atoms with Gasteiger partial charge in [-0.05, 0) is 74.2 Å². The van der Waals surface area contributed by atoms with E-state index in [0.29, 0.717) is 26.4 Å². The minimum absolute atomic E-state index is 0.264. The smallest absolute Gasteiger partial charge is 0.116 e. The Bertz CT molecular complexity index is 1730. The van der Waals surface area contributed by atoms with Gasteiger partial charge in [-0.15, -0.1) is 11.8 Å². The molecule has 0 radical (unpaired) electrons.